The summed E-state index contributed by atoms with van der Waals surface area (Å²) >= 11 is 0. The molecule has 0 aromatic heterocycles. The van der Waals surface area contributed by atoms with Crippen LogP contribution in [0.25, 0.3) is 0 Å². The van der Waals surface area contributed by atoms with Gasteiger partial charge in [-0.15, -0.1) is 0 Å². The SMILES string of the molecule is CCCCCCCCCCCCCCCCCCCCCOC(=O)OCCCCC. The van der Waals surface area contributed by atoms with Crippen LogP contribution in [-0.4, -0.2) is 19.4 Å². The average Bonchev–Trinajstić information content (AvgIpc) is 2.75. The molecule has 0 aliphatic carbocycles. The van der Waals surface area contributed by atoms with Crippen molar-refractivity contribution >= 4 is 6.16 Å². The Morgan fingerprint density at radius 2 is 0.633 bits per heavy atom. The summed E-state index contributed by atoms with van der Waals surface area (Å²) in [6.07, 6.45) is 28.8. The molecule has 0 saturated heterocycles. The van der Waals surface area contributed by atoms with Crippen molar-refractivity contribution in [1.29, 1.82) is 0 Å². The lowest BCUT2D eigenvalue weighted by molar-refractivity contribution is 0.0529. The Hall–Kier alpha value is -0.730. The van der Waals surface area contributed by atoms with Gasteiger partial charge in [-0.25, -0.2) is 4.79 Å². The largest absolute Gasteiger partial charge is 0.508 e. The van der Waals surface area contributed by atoms with E-state index in [-0.39, 0.29) is 0 Å². The second-order valence-corrected chi connectivity index (χ2v) is 9.02. The van der Waals surface area contributed by atoms with Gasteiger partial charge in [0.25, 0.3) is 0 Å². The lowest BCUT2D eigenvalue weighted by Crippen LogP contribution is -2.09. The molecule has 0 saturated carbocycles. The molecule has 0 unspecified atom stereocenters. The first-order valence-corrected chi connectivity index (χ1v) is 13.6. The Morgan fingerprint density at radius 3 is 0.967 bits per heavy atom. The first-order chi connectivity index (χ1) is 14.8. The molecule has 0 aromatic carbocycles. The van der Waals surface area contributed by atoms with Crippen LogP contribution < -0.4 is 0 Å². The molecule has 0 bridgehead atoms. The van der Waals surface area contributed by atoms with Gasteiger partial charge >= 0.3 is 6.16 Å². The molecule has 0 aliphatic heterocycles. The minimum Gasteiger partial charge on any atom is -0.434 e. The summed E-state index contributed by atoms with van der Waals surface area (Å²) in [5, 5.41) is 0. The Kier molecular flexibility index (Phi) is 25.7. The molecule has 0 heterocycles. The van der Waals surface area contributed by atoms with E-state index in [4.69, 9.17) is 9.47 Å². The van der Waals surface area contributed by atoms with Crippen LogP contribution in [0.15, 0.2) is 0 Å². The van der Waals surface area contributed by atoms with Gasteiger partial charge in [-0.2, -0.15) is 0 Å². The summed E-state index contributed by atoms with van der Waals surface area (Å²) in [6, 6.07) is 0. The predicted octanol–water partition coefficient (Wildman–Crippen LogP) is 9.76. The lowest BCUT2D eigenvalue weighted by Gasteiger charge is -2.06. The smallest absolute Gasteiger partial charge is 0.434 e. The van der Waals surface area contributed by atoms with Crippen molar-refractivity contribution in [3.05, 3.63) is 0 Å². The fourth-order valence-corrected chi connectivity index (χ4v) is 3.89. The van der Waals surface area contributed by atoms with Gasteiger partial charge < -0.3 is 9.47 Å². The average molecular weight is 427 g/mol. The third-order valence-corrected chi connectivity index (χ3v) is 5.94. The van der Waals surface area contributed by atoms with Crippen molar-refractivity contribution in [2.45, 2.75) is 155 Å². The summed E-state index contributed by atoms with van der Waals surface area (Å²) in [6.45, 7) is 5.42. The van der Waals surface area contributed by atoms with Crippen molar-refractivity contribution in [2.24, 2.45) is 0 Å². The molecule has 0 radical (unpaired) electrons. The van der Waals surface area contributed by atoms with Gasteiger partial charge in [0.1, 0.15) is 0 Å². The first kappa shape index (κ1) is 29.3. The van der Waals surface area contributed by atoms with E-state index in [1.807, 2.05) is 0 Å². The predicted molar refractivity (Wildman–Crippen MR) is 130 cm³/mol. The summed E-state index contributed by atoms with van der Waals surface area (Å²) in [7, 11) is 0. The third kappa shape index (κ3) is 25.3. The van der Waals surface area contributed by atoms with Crippen LogP contribution in [0.2, 0.25) is 0 Å². The molecule has 3 heteroatoms. The lowest BCUT2D eigenvalue weighted by atomic mass is 10.0. The monoisotopic (exact) mass is 426 g/mol. The fraction of sp³-hybridized carbons (Fsp3) is 0.963. The number of carbonyl (C=O) groups excluding carboxylic acids is 1. The van der Waals surface area contributed by atoms with E-state index in [0.717, 1.165) is 32.1 Å². The second-order valence-electron chi connectivity index (χ2n) is 9.02. The van der Waals surface area contributed by atoms with Gasteiger partial charge in [-0.1, -0.05) is 142 Å². The van der Waals surface area contributed by atoms with Gasteiger partial charge in [-0.05, 0) is 12.8 Å². The second kappa shape index (κ2) is 26.3. The normalized spacial score (nSPS) is 11.0. The molecular formula is C27H54O3. The van der Waals surface area contributed by atoms with Gasteiger partial charge in [0, 0.05) is 0 Å². The van der Waals surface area contributed by atoms with Gasteiger partial charge in [-0.3, -0.25) is 0 Å². The maximum absolute atomic E-state index is 11.4. The Labute approximate surface area is 189 Å². The molecule has 0 aliphatic rings. The fourth-order valence-electron chi connectivity index (χ4n) is 3.89. The number of ether oxygens (including phenoxy) is 2. The minimum atomic E-state index is -0.492. The van der Waals surface area contributed by atoms with Crippen molar-refractivity contribution < 1.29 is 14.3 Å². The highest BCUT2D eigenvalue weighted by Gasteiger charge is 2.02. The van der Waals surface area contributed by atoms with Crippen LogP contribution in [0.4, 0.5) is 4.79 Å². The molecule has 0 rings (SSSR count). The van der Waals surface area contributed by atoms with E-state index in [0.29, 0.717) is 13.2 Å². The van der Waals surface area contributed by atoms with E-state index in [2.05, 4.69) is 13.8 Å². The van der Waals surface area contributed by atoms with Gasteiger partial charge in [0.05, 0.1) is 13.2 Å². The molecule has 180 valence electrons. The zero-order valence-electron chi connectivity index (χ0n) is 20.7. The number of rotatable bonds is 24. The Bertz CT molecular complexity index is 330. The minimum absolute atomic E-state index is 0.492. The van der Waals surface area contributed by atoms with Crippen LogP contribution >= 0.6 is 0 Å². The van der Waals surface area contributed by atoms with Crippen molar-refractivity contribution in [1.82, 2.24) is 0 Å². The number of carbonyl (C=O) groups is 1. The quantitative estimate of drug-likeness (QED) is 0.114. The zero-order valence-corrected chi connectivity index (χ0v) is 20.7. The van der Waals surface area contributed by atoms with Crippen LogP contribution in [-0.2, 0) is 9.47 Å². The Balaban J connectivity index is 3.07. The maximum atomic E-state index is 11.4. The molecule has 0 atom stereocenters. The van der Waals surface area contributed by atoms with Crippen molar-refractivity contribution in [3.8, 4) is 0 Å². The van der Waals surface area contributed by atoms with E-state index in [1.54, 1.807) is 0 Å². The van der Waals surface area contributed by atoms with E-state index >= 15 is 0 Å². The first-order valence-electron chi connectivity index (χ1n) is 13.6. The van der Waals surface area contributed by atoms with E-state index < -0.39 is 6.16 Å². The maximum Gasteiger partial charge on any atom is 0.508 e. The summed E-state index contributed by atoms with van der Waals surface area (Å²) < 4.78 is 10.1. The van der Waals surface area contributed by atoms with Crippen LogP contribution in [0.3, 0.4) is 0 Å². The topological polar surface area (TPSA) is 35.5 Å². The summed E-state index contributed by atoms with van der Waals surface area (Å²) in [4.78, 5) is 11.4. The van der Waals surface area contributed by atoms with E-state index in [1.165, 1.54) is 109 Å². The number of hydrogen-bond acceptors (Lipinski definition) is 3. The molecule has 0 aromatic rings. The number of hydrogen-bond donors (Lipinski definition) is 0. The third-order valence-electron chi connectivity index (χ3n) is 5.94. The molecule has 0 N–H and O–H groups in total. The van der Waals surface area contributed by atoms with E-state index in [9.17, 15) is 4.79 Å². The molecular weight excluding hydrogens is 372 g/mol. The summed E-state index contributed by atoms with van der Waals surface area (Å²) in [5.74, 6) is 0. The summed E-state index contributed by atoms with van der Waals surface area (Å²) in [5.41, 5.74) is 0. The number of unbranched alkanes of at least 4 members (excludes halogenated alkanes) is 20. The Morgan fingerprint density at radius 1 is 0.400 bits per heavy atom. The van der Waals surface area contributed by atoms with Crippen LogP contribution in [0, 0.1) is 0 Å². The van der Waals surface area contributed by atoms with Crippen LogP contribution in [0.5, 0.6) is 0 Å². The van der Waals surface area contributed by atoms with Crippen LogP contribution in [0.1, 0.15) is 155 Å². The highest BCUT2D eigenvalue weighted by Crippen LogP contribution is 2.14. The molecule has 3 nitrogen and oxygen atoms in total. The zero-order chi connectivity index (χ0) is 22.0. The molecule has 0 fully saturated rings. The van der Waals surface area contributed by atoms with Gasteiger partial charge in [0.15, 0.2) is 0 Å². The molecule has 0 spiro atoms. The van der Waals surface area contributed by atoms with Gasteiger partial charge in [0.2, 0.25) is 0 Å². The highest BCUT2D eigenvalue weighted by molar-refractivity contribution is 5.59. The van der Waals surface area contributed by atoms with Crippen molar-refractivity contribution in [3.63, 3.8) is 0 Å². The standard InChI is InChI=1S/C27H54O3/c1-3-5-7-8-9-10-11-12-13-14-15-16-17-18-19-20-21-22-24-26-30-27(28)29-25-23-6-4-2/h3-26H2,1-2H3. The highest BCUT2D eigenvalue weighted by atomic mass is 16.7. The van der Waals surface area contributed by atoms with Crippen molar-refractivity contribution in [2.75, 3.05) is 13.2 Å². The molecule has 30 heavy (non-hydrogen) atoms. The molecule has 0 amide bonds.